The van der Waals surface area contributed by atoms with Crippen LogP contribution in [0.1, 0.15) is 77.7 Å². The van der Waals surface area contributed by atoms with Gasteiger partial charge in [-0.25, -0.2) is 0 Å². The van der Waals surface area contributed by atoms with Crippen molar-refractivity contribution in [2.45, 2.75) is 60.0 Å². The van der Waals surface area contributed by atoms with Gasteiger partial charge in [0.2, 0.25) is 5.78 Å². The number of Topliss-reactive ketones (excluding diaryl/α,β-unsaturated/α-hetero) is 2. The molecule has 0 fully saturated rings. The second-order valence-electron chi connectivity index (χ2n) is 7.40. The molecule has 0 aliphatic carbocycles. The van der Waals surface area contributed by atoms with Gasteiger partial charge in [-0.3, -0.25) is 14.4 Å². The van der Waals surface area contributed by atoms with Gasteiger partial charge >= 0.3 is 5.97 Å². The number of aryl methyl sites for hydroxylation is 1. The molecule has 1 aromatic carbocycles. The van der Waals surface area contributed by atoms with Gasteiger partial charge in [-0.15, -0.1) is 0 Å². The zero-order valence-electron chi connectivity index (χ0n) is 17.5. The molecule has 1 N–H and O–H groups in total. The first kappa shape index (κ1) is 21.6. The summed E-state index contributed by atoms with van der Waals surface area (Å²) in [5, 5.41) is 0. The van der Waals surface area contributed by atoms with Gasteiger partial charge in [0.25, 0.3) is 0 Å². The third kappa shape index (κ3) is 4.41. The number of aromatic nitrogens is 1. The molecule has 3 atom stereocenters. The predicted molar refractivity (Wildman–Crippen MR) is 109 cm³/mol. The van der Waals surface area contributed by atoms with Crippen LogP contribution in [0.2, 0.25) is 0 Å². The smallest absolute Gasteiger partial charge is 0.314 e. The Bertz CT molecular complexity index is 866. The van der Waals surface area contributed by atoms with Gasteiger partial charge in [0.05, 0.1) is 11.6 Å². The Morgan fingerprint density at radius 3 is 2.18 bits per heavy atom. The van der Waals surface area contributed by atoms with Crippen molar-refractivity contribution in [3.8, 4) is 0 Å². The number of H-pyrrole nitrogens is 1. The lowest BCUT2D eigenvalue weighted by molar-refractivity contribution is -0.149. The first-order chi connectivity index (χ1) is 13.2. The number of carbonyl (C=O) groups excluding carboxylic acids is 3. The molecule has 0 amide bonds. The molecular weight excluding hydrogens is 354 g/mol. The lowest BCUT2D eigenvalue weighted by Crippen LogP contribution is -2.30. The minimum Gasteiger partial charge on any atom is -0.454 e. The molecule has 0 aliphatic heterocycles. The number of nitrogens with one attached hydrogen (secondary N) is 1. The number of esters is 1. The monoisotopic (exact) mass is 383 g/mol. The number of hydrogen-bond acceptors (Lipinski definition) is 4. The normalized spacial score (nSPS) is 14.2. The van der Waals surface area contributed by atoms with E-state index in [9.17, 15) is 14.4 Å². The SMILES string of the molecule is CC[C@@H](C)[C@H](C(=O)O[C@@H](C)C(=O)c1[nH]c(C)c(C(C)=O)c1C)c1ccccc1. The third-order valence-electron chi connectivity index (χ3n) is 5.32. The quantitative estimate of drug-likeness (QED) is 0.526. The number of rotatable bonds is 8. The highest BCUT2D eigenvalue weighted by Gasteiger charge is 2.31. The Balaban J connectivity index is 2.24. The van der Waals surface area contributed by atoms with Crippen LogP contribution in [0.4, 0.5) is 0 Å². The van der Waals surface area contributed by atoms with Crippen molar-refractivity contribution in [1.82, 2.24) is 4.98 Å². The van der Waals surface area contributed by atoms with Crippen LogP contribution in [-0.2, 0) is 9.53 Å². The van der Waals surface area contributed by atoms with Gasteiger partial charge in [-0.1, -0.05) is 50.6 Å². The van der Waals surface area contributed by atoms with Crippen molar-refractivity contribution in [3.63, 3.8) is 0 Å². The fourth-order valence-electron chi connectivity index (χ4n) is 3.62. The van der Waals surface area contributed by atoms with E-state index in [1.807, 2.05) is 44.2 Å². The summed E-state index contributed by atoms with van der Waals surface area (Å²) >= 11 is 0. The molecule has 0 aliphatic rings. The van der Waals surface area contributed by atoms with Gasteiger partial charge in [0, 0.05) is 11.3 Å². The van der Waals surface area contributed by atoms with Crippen molar-refractivity contribution in [3.05, 3.63) is 58.4 Å². The van der Waals surface area contributed by atoms with Crippen LogP contribution in [-0.4, -0.2) is 28.6 Å². The van der Waals surface area contributed by atoms with Crippen molar-refractivity contribution >= 4 is 17.5 Å². The highest BCUT2D eigenvalue weighted by atomic mass is 16.5. The van der Waals surface area contributed by atoms with E-state index in [4.69, 9.17) is 4.74 Å². The maximum atomic E-state index is 12.9. The summed E-state index contributed by atoms with van der Waals surface area (Å²) in [6.07, 6.45) is -0.132. The zero-order valence-corrected chi connectivity index (χ0v) is 17.5. The third-order valence-corrected chi connectivity index (χ3v) is 5.32. The maximum Gasteiger partial charge on any atom is 0.314 e. The molecule has 0 saturated carbocycles. The van der Waals surface area contributed by atoms with Crippen LogP contribution in [0.25, 0.3) is 0 Å². The van der Waals surface area contributed by atoms with Gasteiger partial charge < -0.3 is 9.72 Å². The van der Waals surface area contributed by atoms with Gasteiger partial charge in [-0.2, -0.15) is 0 Å². The molecule has 5 nitrogen and oxygen atoms in total. The van der Waals surface area contributed by atoms with Gasteiger partial charge in [0.15, 0.2) is 11.9 Å². The standard InChI is InChI=1S/C23H29NO4/c1-7-13(2)19(18-11-9-8-10-12-18)23(27)28-17(6)22(26)21-14(3)20(16(5)25)15(4)24-21/h8-13,17,19,24H,7H2,1-6H3/t13-,17+,19+/m1/s1. The molecule has 1 heterocycles. The largest absolute Gasteiger partial charge is 0.454 e. The van der Waals surface area contributed by atoms with Crippen LogP contribution < -0.4 is 0 Å². The highest BCUT2D eigenvalue weighted by Crippen LogP contribution is 2.29. The predicted octanol–water partition coefficient (Wildman–Crippen LogP) is 4.78. The van der Waals surface area contributed by atoms with E-state index in [0.717, 1.165) is 12.0 Å². The fourth-order valence-corrected chi connectivity index (χ4v) is 3.62. The lowest BCUT2D eigenvalue weighted by Gasteiger charge is -2.23. The van der Waals surface area contributed by atoms with Crippen LogP contribution in [0, 0.1) is 19.8 Å². The molecule has 5 heteroatoms. The second kappa shape index (κ2) is 9.00. The van der Waals surface area contributed by atoms with E-state index in [-0.39, 0.29) is 17.5 Å². The molecule has 2 rings (SSSR count). The molecular formula is C23H29NO4. The number of hydrogen-bond donors (Lipinski definition) is 1. The Labute approximate surface area is 166 Å². The summed E-state index contributed by atoms with van der Waals surface area (Å²) in [6, 6.07) is 9.49. The Morgan fingerprint density at radius 1 is 1.07 bits per heavy atom. The topological polar surface area (TPSA) is 76.2 Å². The van der Waals surface area contributed by atoms with Gasteiger partial charge in [0.1, 0.15) is 0 Å². The van der Waals surface area contributed by atoms with E-state index in [1.54, 1.807) is 20.8 Å². The van der Waals surface area contributed by atoms with E-state index < -0.39 is 18.0 Å². The summed E-state index contributed by atoms with van der Waals surface area (Å²) in [5.74, 6) is -1.20. The molecule has 0 radical (unpaired) electrons. The summed E-state index contributed by atoms with van der Waals surface area (Å²) in [4.78, 5) is 40.6. The van der Waals surface area contributed by atoms with Crippen molar-refractivity contribution in [1.29, 1.82) is 0 Å². The highest BCUT2D eigenvalue weighted by molar-refractivity contribution is 6.05. The Kier molecular flexibility index (Phi) is 6.95. The molecule has 1 aromatic heterocycles. The molecule has 0 spiro atoms. The molecule has 2 aromatic rings. The van der Waals surface area contributed by atoms with E-state index in [0.29, 0.717) is 22.5 Å². The summed E-state index contributed by atoms with van der Waals surface area (Å²) < 4.78 is 5.58. The molecule has 28 heavy (non-hydrogen) atoms. The number of ether oxygens (including phenoxy) is 1. The van der Waals surface area contributed by atoms with E-state index in [2.05, 4.69) is 4.98 Å². The number of benzene rings is 1. The minimum absolute atomic E-state index is 0.0796. The number of carbonyl (C=O) groups is 3. The van der Waals surface area contributed by atoms with E-state index in [1.165, 1.54) is 6.92 Å². The summed E-state index contributed by atoms with van der Waals surface area (Å²) in [5.41, 5.74) is 2.96. The summed E-state index contributed by atoms with van der Waals surface area (Å²) in [6.45, 7) is 10.6. The van der Waals surface area contributed by atoms with Crippen LogP contribution in [0.5, 0.6) is 0 Å². The maximum absolute atomic E-state index is 12.9. The van der Waals surface area contributed by atoms with Crippen molar-refractivity contribution in [2.24, 2.45) is 5.92 Å². The average molecular weight is 383 g/mol. The van der Waals surface area contributed by atoms with Crippen molar-refractivity contribution in [2.75, 3.05) is 0 Å². The minimum atomic E-state index is -0.945. The molecule has 150 valence electrons. The first-order valence-corrected chi connectivity index (χ1v) is 9.68. The number of aromatic amines is 1. The Hall–Kier alpha value is -2.69. The van der Waals surface area contributed by atoms with Crippen LogP contribution >= 0.6 is 0 Å². The molecule has 0 saturated heterocycles. The number of ketones is 2. The van der Waals surface area contributed by atoms with Gasteiger partial charge in [-0.05, 0) is 44.7 Å². The first-order valence-electron chi connectivity index (χ1n) is 9.68. The molecule has 0 unspecified atom stereocenters. The lowest BCUT2D eigenvalue weighted by atomic mass is 9.85. The van der Waals surface area contributed by atoms with Crippen LogP contribution in [0.15, 0.2) is 30.3 Å². The van der Waals surface area contributed by atoms with Crippen LogP contribution in [0.3, 0.4) is 0 Å². The Morgan fingerprint density at radius 2 is 1.68 bits per heavy atom. The van der Waals surface area contributed by atoms with E-state index >= 15 is 0 Å². The van der Waals surface area contributed by atoms with Crippen molar-refractivity contribution < 1.29 is 19.1 Å². The fraction of sp³-hybridized carbons (Fsp3) is 0.435. The average Bonchev–Trinajstić information content (AvgIpc) is 2.96. The second-order valence-corrected chi connectivity index (χ2v) is 7.40. The molecule has 0 bridgehead atoms. The zero-order chi connectivity index (χ0) is 21.0. The summed E-state index contributed by atoms with van der Waals surface area (Å²) in [7, 11) is 0.